The quantitative estimate of drug-likeness (QED) is 0.601. The minimum Gasteiger partial charge on any atom is -0.480 e. The molecule has 4 unspecified atom stereocenters. The number of nitrogens with one attached hydrogen (secondary N) is 1. The molecule has 0 saturated carbocycles. The number of fused-ring (bicyclic) bond motifs is 1. The molecule has 2 aromatic rings. The van der Waals surface area contributed by atoms with Crippen molar-refractivity contribution < 1.29 is 24.6 Å². The minimum atomic E-state index is -1.91. The van der Waals surface area contributed by atoms with E-state index in [1.807, 2.05) is 31.2 Å². The van der Waals surface area contributed by atoms with Gasteiger partial charge in [0.25, 0.3) is 0 Å². The monoisotopic (exact) mass is 409 g/mol. The topological polar surface area (TPSA) is 120 Å². The summed E-state index contributed by atoms with van der Waals surface area (Å²) in [6.07, 6.45) is 2.01. The third kappa shape index (κ3) is 3.00. The first-order valence-corrected chi connectivity index (χ1v) is 9.83. The number of aliphatic hydroxyl groups is 1. The Kier molecular flexibility index (Phi) is 5.13. The normalized spacial score (nSPS) is 28.1. The molecule has 2 amide bonds. The van der Waals surface area contributed by atoms with Gasteiger partial charge in [-0.1, -0.05) is 30.3 Å². The molecule has 2 saturated heterocycles. The molecule has 1 aromatic heterocycles. The third-order valence-electron chi connectivity index (χ3n) is 6.22. The number of likely N-dealkylation sites (tertiary alicyclic amines) is 1. The van der Waals surface area contributed by atoms with Crippen molar-refractivity contribution in [3.63, 3.8) is 0 Å². The first kappa shape index (κ1) is 20.2. The maximum atomic E-state index is 13.3. The Labute approximate surface area is 173 Å². The van der Waals surface area contributed by atoms with E-state index in [1.54, 1.807) is 24.4 Å². The predicted molar refractivity (Wildman–Crippen MR) is 106 cm³/mol. The van der Waals surface area contributed by atoms with Crippen LogP contribution in [0.3, 0.4) is 0 Å². The molecule has 156 valence electrons. The molecule has 0 spiro atoms. The number of rotatable bonds is 6. The number of hydrogen-bond donors (Lipinski definition) is 3. The Morgan fingerprint density at radius 3 is 2.53 bits per heavy atom. The summed E-state index contributed by atoms with van der Waals surface area (Å²) in [6, 6.07) is 12.1. The summed E-state index contributed by atoms with van der Waals surface area (Å²) in [6.45, 7) is 1.19. The fourth-order valence-electron chi connectivity index (χ4n) is 4.67. The molecule has 3 heterocycles. The highest BCUT2D eigenvalue weighted by Crippen LogP contribution is 2.49. The van der Waals surface area contributed by atoms with Gasteiger partial charge < -0.3 is 10.2 Å². The number of benzene rings is 1. The zero-order chi connectivity index (χ0) is 21.5. The average molecular weight is 409 g/mol. The molecule has 4 rings (SSSR count). The highest BCUT2D eigenvalue weighted by atomic mass is 16.4. The number of carboxylic acids is 1. The standard InChI is InChI=1S/C22H23N3O5/c1-13-6-2-3-8-15(13)18-16-17(22(12-26,24-18)21(29)30)20(28)25(19(16)27)11-9-14-7-4-5-10-23-14/h2-8,10,16-18,24,26H,9,11-12H2,1H3,(H,29,30). The van der Waals surface area contributed by atoms with E-state index in [-0.39, 0.29) is 6.54 Å². The average Bonchev–Trinajstić information content (AvgIpc) is 3.22. The highest BCUT2D eigenvalue weighted by Gasteiger charge is 2.68. The van der Waals surface area contributed by atoms with E-state index in [9.17, 15) is 24.6 Å². The van der Waals surface area contributed by atoms with Crippen LogP contribution in [0, 0.1) is 18.8 Å². The number of pyridine rings is 1. The summed E-state index contributed by atoms with van der Waals surface area (Å²) in [4.78, 5) is 44.1. The Morgan fingerprint density at radius 1 is 1.17 bits per heavy atom. The van der Waals surface area contributed by atoms with Crippen LogP contribution in [0.5, 0.6) is 0 Å². The van der Waals surface area contributed by atoms with Gasteiger partial charge in [-0.3, -0.25) is 29.6 Å². The molecule has 2 fully saturated rings. The Balaban J connectivity index is 1.71. The van der Waals surface area contributed by atoms with E-state index in [0.29, 0.717) is 6.42 Å². The number of imide groups is 1. The zero-order valence-corrected chi connectivity index (χ0v) is 16.5. The van der Waals surface area contributed by atoms with E-state index < -0.39 is 47.8 Å². The molecule has 0 radical (unpaired) electrons. The summed E-state index contributed by atoms with van der Waals surface area (Å²) >= 11 is 0. The Hall–Kier alpha value is -3.10. The van der Waals surface area contributed by atoms with Crippen LogP contribution in [-0.2, 0) is 20.8 Å². The summed E-state index contributed by atoms with van der Waals surface area (Å²) in [7, 11) is 0. The third-order valence-corrected chi connectivity index (χ3v) is 6.22. The lowest BCUT2D eigenvalue weighted by Gasteiger charge is -2.29. The molecule has 8 nitrogen and oxygen atoms in total. The van der Waals surface area contributed by atoms with Crippen LogP contribution in [0.2, 0.25) is 0 Å². The molecule has 4 atom stereocenters. The summed E-state index contributed by atoms with van der Waals surface area (Å²) in [5.41, 5.74) is 0.441. The molecule has 1 aromatic carbocycles. The van der Waals surface area contributed by atoms with Crippen molar-refractivity contribution >= 4 is 17.8 Å². The van der Waals surface area contributed by atoms with Crippen molar-refractivity contribution in [2.75, 3.05) is 13.2 Å². The number of carbonyl (C=O) groups is 3. The van der Waals surface area contributed by atoms with Crippen LogP contribution < -0.4 is 5.32 Å². The van der Waals surface area contributed by atoms with Crippen molar-refractivity contribution in [1.29, 1.82) is 0 Å². The minimum absolute atomic E-state index is 0.114. The second-order valence-electron chi connectivity index (χ2n) is 7.82. The van der Waals surface area contributed by atoms with Gasteiger partial charge in [0, 0.05) is 30.9 Å². The van der Waals surface area contributed by atoms with Crippen LogP contribution >= 0.6 is 0 Å². The first-order chi connectivity index (χ1) is 14.4. The van der Waals surface area contributed by atoms with Crippen molar-refractivity contribution in [1.82, 2.24) is 15.2 Å². The van der Waals surface area contributed by atoms with Gasteiger partial charge in [-0.15, -0.1) is 0 Å². The number of amides is 2. The summed E-state index contributed by atoms with van der Waals surface area (Å²) < 4.78 is 0. The van der Waals surface area contributed by atoms with Gasteiger partial charge in [0.15, 0.2) is 5.54 Å². The highest BCUT2D eigenvalue weighted by molar-refractivity contribution is 6.09. The fourth-order valence-corrected chi connectivity index (χ4v) is 4.67. The molecule has 30 heavy (non-hydrogen) atoms. The van der Waals surface area contributed by atoms with E-state index in [2.05, 4.69) is 10.3 Å². The van der Waals surface area contributed by atoms with Crippen molar-refractivity contribution in [3.05, 3.63) is 65.5 Å². The largest absolute Gasteiger partial charge is 0.480 e. The van der Waals surface area contributed by atoms with Gasteiger partial charge in [-0.2, -0.15) is 0 Å². The van der Waals surface area contributed by atoms with E-state index >= 15 is 0 Å². The molecule has 8 heteroatoms. The number of carboxylic acid groups (broad SMARTS) is 1. The van der Waals surface area contributed by atoms with Crippen LogP contribution in [0.15, 0.2) is 48.7 Å². The van der Waals surface area contributed by atoms with E-state index in [0.717, 1.165) is 21.7 Å². The number of aliphatic carboxylic acids is 1. The van der Waals surface area contributed by atoms with Gasteiger partial charge in [0.1, 0.15) is 0 Å². The molecule has 2 aliphatic heterocycles. The van der Waals surface area contributed by atoms with E-state index in [1.165, 1.54) is 0 Å². The van der Waals surface area contributed by atoms with Crippen molar-refractivity contribution in [3.8, 4) is 0 Å². The van der Waals surface area contributed by atoms with Crippen LogP contribution in [-0.4, -0.2) is 56.6 Å². The van der Waals surface area contributed by atoms with Gasteiger partial charge in [-0.25, -0.2) is 0 Å². The predicted octanol–water partition coefficient (Wildman–Crippen LogP) is 0.694. The number of hydrogen-bond acceptors (Lipinski definition) is 6. The molecule has 2 aliphatic rings. The van der Waals surface area contributed by atoms with Gasteiger partial charge in [0.05, 0.1) is 18.4 Å². The van der Waals surface area contributed by atoms with Crippen molar-refractivity contribution in [2.45, 2.75) is 24.9 Å². The summed E-state index contributed by atoms with van der Waals surface area (Å²) in [5, 5.41) is 22.9. The molecule has 0 bridgehead atoms. The Morgan fingerprint density at radius 2 is 1.90 bits per heavy atom. The molecule has 3 N–H and O–H groups in total. The number of aliphatic hydroxyl groups excluding tert-OH is 1. The van der Waals surface area contributed by atoms with Crippen molar-refractivity contribution in [2.24, 2.45) is 11.8 Å². The maximum absolute atomic E-state index is 13.3. The Bertz CT molecular complexity index is 995. The number of carbonyl (C=O) groups excluding carboxylic acids is 2. The van der Waals surface area contributed by atoms with Gasteiger partial charge in [-0.05, 0) is 30.2 Å². The smallest absolute Gasteiger partial charge is 0.327 e. The maximum Gasteiger partial charge on any atom is 0.327 e. The lowest BCUT2D eigenvalue weighted by Crippen LogP contribution is -2.58. The number of aryl methyl sites for hydroxylation is 1. The summed E-state index contributed by atoms with van der Waals surface area (Å²) in [5.74, 6) is -4.41. The molecule has 0 aliphatic carbocycles. The van der Waals surface area contributed by atoms with Gasteiger partial charge >= 0.3 is 5.97 Å². The van der Waals surface area contributed by atoms with Crippen LogP contribution in [0.4, 0.5) is 0 Å². The number of aromatic nitrogens is 1. The second kappa shape index (κ2) is 7.62. The zero-order valence-electron chi connectivity index (χ0n) is 16.5. The van der Waals surface area contributed by atoms with E-state index in [4.69, 9.17) is 0 Å². The first-order valence-electron chi connectivity index (χ1n) is 9.83. The van der Waals surface area contributed by atoms with Crippen LogP contribution in [0.25, 0.3) is 0 Å². The van der Waals surface area contributed by atoms with Gasteiger partial charge in [0.2, 0.25) is 11.8 Å². The lowest BCUT2D eigenvalue weighted by atomic mass is 9.79. The second-order valence-corrected chi connectivity index (χ2v) is 7.82. The SMILES string of the molecule is Cc1ccccc1C1NC(CO)(C(=O)O)C2C(=O)N(CCc3ccccn3)C(=O)C12. The fraction of sp³-hybridized carbons (Fsp3) is 0.364. The molecular formula is C22H23N3O5. The number of nitrogens with zero attached hydrogens (tertiary/aromatic N) is 2. The lowest BCUT2D eigenvalue weighted by molar-refractivity contribution is -0.153. The van der Waals surface area contributed by atoms with Crippen LogP contribution in [0.1, 0.15) is 22.9 Å². The molecular weight excluding hydrogens is 386 g/mol.